The van der Waals surface area contributed by atoms with E-state index < -0.39 is 0 Å². The van der Waals surface area contributed by atoms with Gasteiger partial charge >= 0.3 is 12.1 Å². The number of fused-ring (bicyclic) bond motifs is 1. The zero-order valence-electron chi connectivity index (χ0n) is 8.02. The molecule has 0 radical (unpaired) electrons. The maximum Gasteiger partial charge on any atom is 0.409 e. The summed E-state index contributed by atoms with van der Waals surface area (Å²) in [7, 11) is 1.37. The standard InChI is InChI=1S/C8H13N3O3/c1-14-8(13)10-2-3-11-6(5-10)4-9-7(11)12/h6H,2-5H2,1H3,(H,9,12). The number of nitrogens with zero attached hydrogens (tertiary/aromatic N) is 2. The fourth-order valence-corrected chi connectivity index (χ4v) is 1.90. The van der Waals surface area contributed by atoms with Crippen LogP contribution in [0.15, 0.2) is 0 Å². The van der Waals surface area contributed by atoms with Gasteiger partial charge in [-0.25, -0.2) is 9.59 Å². The van der Waals surface area contributed by atoms with Gasteiger partial charge in [-0.3, -0.25) is 0 Å². The Bertz CT molecular complexity index is 269. The van der Waals surface area contributed by atoms with Crippen molar-refractivity contribution in [3.63, 3.8) is 0 Å². The first-order valence-corrected chi connectivity index (χ1v) is 4.59. The zero-order valence-corrected chi connectivity index (χ0v) is 8.02. The molecule has 6 nitrogen and oxygen atoms in total. The first-order valence-electron chi connectivity index (χ1n) is 4.59. The molecule has 0 spiro atoms. The molecule has 2 heterocycles. The number of hydrogen-bond donors (Lipinski definition) is 1. The highest BCUT2D eigenvalue weighted by atomic mass is 16.5. The van der Waals surface area contributed by atoms with Gasteiger partial charge in [-0.15, -0.1) is 0 Å². The Labute approximate surface area is 81.8 Å². The first-order chi connectivity index (χ1) is 6.72. The van der Waals surface area contributed by atoms with Crippen LogP contribution in [0.2, 0.25) is 0 Å². The monoisotopic (exact) mass is 199 g/mol. The van der Waals surface area contributed by atoms with Crippen molar-refractivity contribution in [3.05, 3.63) is 0 Å². The number of carbonyl (C=O) groups excluding carboxylic acids is 2. The number of ether oxygens (including phenoxy) is 1. The Morgan fingerprint density at radius 3 is 3.07 bits per heavy atom. The van der Waals surface area contributed by atoms with E-state index in [4.69, 9.17) is 0 Å². The summed E-state index contributed by atoms with van der Waals surface area (Å²) >= 11 is 0. The number of amides is 3. The third-order valence-corrected chi connectivity index (χ3v) is 2.67. The Balaban J connectivity index is 1.99. The van der Waals surface area contributed by atoms with Gasteiger partial charge in [-0.2, -0.15) is 0 Å². The lowest BCUT2D eigenvalue weighted by Crippen LogP contribution is -2.53. The van der Waals surface area contributed by atoms with E-state index in [1.807, 2.05) is 0 Å². The van der Waals surface area contributed by atoms with Crippen molar-refractivity contribution in [3.8, 4) is 0 Å². The van der Waals surface area contributed by atoms with Gasteiger partial charge in [0.2, 0.25) is 0 Å². The molecular weight excluding hydrogens is 186 g/mol. The van der Waals surface area contributed by atoms with Crippen molar-refractivity contribution < 1.29 is 14.3 Å². The van der Waals surface area contributed by atoms with E-state index in [1.165, 1.54) is 7.11 Å². The Kier molecular flexibility index (Phi) is 2.18. The fourth-order valence-electron chi connectivity index (χ4n) is 1.90. The molecule has 78 valence electrons. The molecule has 0 aromatic rings. The van der Waals surface area contributed by atoms with Crippen molar-refractivity contribution in [1.82, 2.24) is 15.1 Å². The average molecular weight is 199 g/mol. The minimum Gasteiger partial charge on any atom is -0.453 e. The van der Waals surface area contributed by atoms with Gasteiger partial charge < -0.3 is 19.9 Å². The van der Waals surface area contributed by atoms with Gasteiger partial charge in [0, 0.05) is 26.2 Å². The summed E-state index contributed by atoms with van der Waals surface area (Å²) in [6.45, 7) is 2.32. The van der Waals surface area contributed by atoms with Crippen LogP contribution in [-0.2, 0) is 4.74 Å². The predicted octanol–water partition coefficient (Wildman–Crippen LogP) is -0.538. The predicted molar refractivity (Wildman–Crippen MR) is 47.9 cm³/mol. The van der Waals surface area contributed by atoms with E-state index in [-0.39, 0.29) is 18.2 Å². The molecule has 2 saturated heterocycles. The van der Waals surface area contributed by atoms with Crippen molar-refractivity contribution in [2.45, 2.75) is 6.04 Å². The summed E-state index contributed by atoms with van der Waals surface area (Å²) < 4.78 is 4.63. The highest BCUT2D eigenvalue weighted by Crippen LogP contribution is 2.14. The maximum absolute atomic E-state index is 11.2. The molecule has 14 heavy (non-hydrogen) atoms. The van der Waals surface area contributed by atoms with Crippen molar-refractivity contribution in [2.75, 3.05) is 33.3 Å². The molecule has 0 aromatic heterocycles. The molecule has 0 saturated carbocycles. The van der Waals surface area contributed by atoms with Gasteiger partial charge in [-0.1, -0.05) is 0 Å². The van der Waals surface area contributed by atoms with E-state index in [1.54, 1.807) is 9.80 Å². The minimum absolute atomic E-state index is 0.0282. The first kappa shape index (κ1) is 9.11. The van der Waals surface area contributed by atoms with Crippen LogP contribution in [0.3, 0.4) is 0 Å². The number of rotatable bonds is 0. The molecule has 0 aliphatic carbocycles. The second-order valence-electron chi connectivity index (χ2n) is 3.45. The van der Waals surface area contributed by atoms with Gasteiger partial charge in [0.05, 0.1) is 13.2 Å². The van der Waals surface area contributed by atoms with Gasteiger partial charge in [0.1, 0.15) is 0 Å². The second kappa shape index (κ2) is 3.36. The van der Waals surface area contributed by atoms with Gasteiger partial charge in [-0.05, 0) is 0 Å². The second-order valence-corrected chi connectivity index (χ2v) is 3.45. The third-order valence-electron chi connectivity index (χ3n) is 2.67. The normalized spacial score (nSPS) is 25.8. The number of urea groups is 1. The summed E-state index contributed by atoms with van der Waals surface area (Å²) in [5.41, 5.74) is 0. The van der Waals surface area contributed by atoms with E-state index in [0.29, 0.717) is 26.2 Å². The largest absolute Gasteiger partial charge is 0.453 e. The zero-order chi connectivity index (χ0) is 10.1. The lowest BCUT2D eigenvalue weighted by Gasteiger charge is -2.35. The highest BCUT2D eigenvalue weighted by Gasteiger charge is 2.37. The number of nitrogens with one attached hydrogen (secondary N) is 1. The van der Waals surface area contributed by atoms with Crippen LogP contribution in [0.1, 0.15) is 0 Å². The van der Waals surface area contributed by atoms with E-state index in [2.05, 4.69) is 10.1 Å². The van der Waals surface area contributed by atoms with Crippen LogP contribution < -0.4 is 5.32 Å². The lowest BCUT2D eigenvalue weighted by molar-refractivity contribution is 0.0865. The molecule has 1 atom stereocenters. The van der Waals surface area contributed by atoms with E-state index in [9.17, 15) is 9.59 Å². The van der Waals surface area contributed by atoms with E-state index in [0.717, 1.165) is 0 Å². The summed E-state index contributed by atoms with van der Waals surface area (Å²) in [6, 6.07) is 0.0786. The Morgan fingerprint density at radius 2 is 2.36 bits per heavy atom. The molecule has 2 aliphatic heterocycles. The molecule has 3 amide bonds. The molecule has 2 fully saturated rings. The van der Waals surface area contributed by atoms with Gasteiger partial charge in [0.25, 0.3) is 0 Å². The number of hydrogen-bond acceptors (Lipinski definition) is 3. The average Bonchev–Trinajstić information content (AvgIpc) is 2.59. The maximum atomic E-state index is 11.2. The smallest absolute Gasteiger partial charge is 0.409 e. The molecule has 1 N–H and O–H groups in total. The third kappa shape index (κ3) is 1.36. The molecule has 2 rings (SSSR count). The number of methoxy groups -OCH3 is 1. The molecule has 1 unspecified atom stereocenters. The molecule has 6 heteroatoms. The SMILES string of the molecule is COC(=O)N1CCN2C(=O)NCC2C1. The van der Waals surface area contributed by atoms with Crippen LogP contribution in [0.25, 0.3) is 0 Å². The topological polar surface area (TPSA) is 61.9 Å². The van der Waals surface area contributed by atoms with E-state index >= 15 is 0 Å². The molecule has 2 aliphatic rings. The fraction of sp³-hybridized carbons (Fsp3) is 0.750. The van der Waals surface area contributed by atoms with Crippen molar-refractivity contribution >= 4 is 12.1 Å². The Morgan fingerprint density at radius 1 is 1.57 bits per heavy atom. The molecule has 0 aromatic carbocycles. The summed E-state index contributed by atoms with van der Waals surface area (Å²) in [4.78, 5) is 25.8. The molecular formula is C8H13N3O3. The quantitative estimate of drug-likeness (QED) is 0.570. The molecule has 0 bridgehead atoms. The van der Waals surface area contributed by atoms with Crippen LogP contribution in [-0.4, -0.2) is 61.3 Å². The van der Waals surface area contributed by atoms with Crippen LogP contribution in [0, 0.1) is 0 Å². The van der Waals surface area contributed by atoms with Crippen molar-refractivity contribution in [1.29, 1.82) is 0 Å². The minimum atomic E-state index is -0.316. The highest BCUT2D eigenvalue weighted by molar-refractivity contribution is 5.77. The summed E-state index contributed by atoms with van der Waals surface area (Å²) in [5.74, 6) is 0. The van der Waals surface area contributed by atoms with Crippen LogP contribution in [0.4, 0.5) is 9.59 Å². The van der Waals surface area contributed by atoms with Crippen molar-refractivity contribution in [2.24, 2.45) is 0 Å². The summed E-state index contributed by atoms with van der Waals surface area (Å²) in [6.07, 6.45) is -0.316. The Hall–Kier alpha value is -1.46. The summed E-state index contributed by atoms with van der Waals surface area (Å²) in [5, 5.41) is 2.75. The van der Waals surface area contributed by atoms with Crippen LogP contribution >= 0.6 is 0 Å². The number of piperazine rings is 1. The lowest BCUT2D eigenvalue weighted by atomic mass is 10.2. The number of carbonyl (C=O) groups is 2. The van der Waals surface area contributed by atoms with Gasteiger partial charge in [0.15, 0.2) is 0 Å². The van der Waals surface area contributed by atoms with Crippen LogP contribution in [0.5, 0.6) is 0 Å².